The van der Waals surface area contributed by atoms with E-state index in [2.05, 4.69) is 18.2 Å². The van der Waals surface area contributed by atoms with Crippen LogP contribution in [0.3, 0.4) is 0 Å². The summed E-state index contributed by atoms with van der Waals surface area (Å²) in [5.74, 6) is -1.45. The Kier molecular flexibility index (Phi) is 4.73. The molecule has 5 nitrogen and oxygen atoms in total. The minimum atomic E-state index is -0.781. The van der Waals surface area contributed by atoms with Gasteiger partial charge in [-0.1, -0.05) is 12.2 Å². The largest absolute Gasteiger partial charge is 0.481 e. The number of carbonyl (C=O) groups is 1. The first kappa shape index (κ1) is 14.9. The molecule has 2 rings (SSSR count). The number of hydrogen-bond donors (Lipinski definition) is 1. The molecule has 0 amide bonds. The molecule has 1 fully saturated rings. The fourth-order valence-electron chi connectivity index (χ4n) is 2.74. The van der Waals surface area contributed by atoms with Gasteiger partial charge in [-0.2, -0.15) is 0 Å². The van der Waals surface area contributed by atoms with Crippen LogP contribution in [-0.2, 0) is 14.3 Å². The topological polar surface area (TPSA) is 68.1 Å². The Hall–Kier alpha value is -1.46. The number of fused-ring (bicyclic) bond motifs is 1. The molecule has 2 heterocycles. The SMILES string of the molecule is C=CCC1(CC=C)O[C@@H]2CN=C(CCCC(=O)O)[C@@H]2O1. The maximum absolute atomic E-state index is 10.6. The second-order valence-electron chi connectivity index (χ2n) is 5.17. The van der Waals surface area contributed by atoms with Crippen molar-refractivity contribution in [3.05, 3.63) is 25.3 Å². The van der Waals surface area contributed by atoms with Gasteiger partial charge in [0, 0.05) is 25.0 Å². The van der Waals surface area contributed by atoms with Gasteiger partial charge >= 0.3 is 5.97 Å². The molecule has 0 unspecified atom stereocenters. The lowest BCUT2D eigenvalue weighted by molar-refractivity contribution is -0.166. The third-order valence-corrected chi connectivity index (χ3v) is 3.58. The van der Waals surface area contributed by atoms with E-state index in [0.717, 1.165) is 5.71 Å². The van der Waals surface area contributed by atoms with Crippen LogP contribution in [0.15, 0.2) is 30.3 Å². The fourth-order valence-corrected chi connectivity index (χ4v) is 2.74. The number of aliphatic carboxylic acids is 1. The Morgan fingerprint density at radius 2 is 2.10 bits per heavy atom. The molecule has 2 aliphatic heterocycles. The first-order valence-electron chi connectivity index (χ1n) is 6.92. The normalized spacial score (nSPS) is 26.9. The number of carboxylic acid groups (broad SMARTS) is 1. The van der Waals surface area contributed by atoms with Gasteiger partial charge in [0.05, 0.1) is 6.54 Å². The van der Waals surface area contributed by atoms with Crippen molar-refractivity contribution < 1.29 is 19.4 Å². The average molecular weight is 279 g/mol. The molecule has 0 aliphatic carbocycles. The fraction of sp³-hybridized carbons (Fsp3) is 0.600. The lowest BCUT2D eigenvalue weighted by Crippen LogP contribution is -2.31. The van der Waals surface area contributed by atoms with E-state index in [1.54, 1.807) is 12.2 Å². The van der Waals surface area contributed by atoms with Gasteiger partial charge in [-0.05, 0) is 12.8 Å². The highest BCUT2D eigenvalue weighted by Gasteiger charge is 2.49. The molecule has 2 aliphatic rings. The van der Waals surface area contributed by atoms with Gasteiger partial charge in [0.15, 0.2) is 5.79 Å². The summed E-state index contributed by atoms with van der Waals surface area (Å²) in [6.07, 6.45) is 5.95. The number of aliphatic imine (C=N–C) groups is 1. The van der Waals surface area contributed by atoms with E-state index in [4.69, 9.17) is 14.6 Å². The molecule has 110 valence electrons. The van der Waals surface area contributed by atoms with E-state index in [1.807, 2.05) is 0 Å². The van der Waals surface area contributed by atoms with E-state index in [-0.39, 0.29) is 18.6 Å². The maximum atomic E-state index is 10.6. The first-order valence-corrected chi connectivity index (χ1v) is 6.92. The van der Waals surface area contributed by atoms with Crippen molar-refractivity contribution in [1.82, 2.24) is 0 Å². The molecular formula is C15H21NO4. The predicted octanol–water partition coefficient (Wildman–Crippen LogP) is 2.33. The Labute approximate surface area is 119 Å². The molecule has 0 aromatic heterocycles. The van der Waals surface area contributed by atoms with E-state index < -0.39 is 11.8 Å². The monoisotopic (exact) mass is 279 g/mol. The number of ether oxygens (including phenoxy) is 2. The number of hydrogen-bond acceptors (Lipinski definition) is 4. The summed E-state index contributed by atoms with van der Waals surface area (Å²) in [4.78, 5) is 15.0. The van der Waals surface area contributed by atoms with Gasteiger partial charge in [-0.25, -0.2) is 0 Å². The van der Waals surface area contributed by atoms with Gasteiger partial charge in [-0.3, -0.25) is 9.79 Å². The van der Waals surface area contributed by atoms with E-state index in [1.165, 1.54) is 0 Å². The van der Waals surface area contributed by atoms with Crippen molar-refractivity contribution in [2.24, 2.45) is 4.99 Å². The maximum Gasteiger partial charge on any atom is 0.303 e. The molecule has 0 bridgehead atoms. The van der Waals surface area contributed by atoms with Gasteiger partial charge in [-0.15, -0.1) is 13.2 Å². The summed E-state index contributed by atoms with van der Waals surface area (Å²) in [6, 6.07) is 0. The molecule has 20 heavy (non-hydrogen) atoms. The molecule has 5 heteroatoms. The highest BCUT2D eigenvalue weighted by atomic mass is 16.8. The summed E-state index contributed by atoms with van der Waals surface area (Å²) >= 11 is 0. The van der Waals surface area contributed by atoms with Crippen LogP contribution < -0.4 is 0 Å². The summed E-state index contributed by atoms with van der Waals surface area (Å²) in [6.45, 7) is 8.07. The zero-order chi connectivity index (χ0) is 14.6. The number of carboxylic acids is 1. The number of nitrogens with zero attached hydrogens (tertiary/aromatic N) is 1. The molecule has 1 saturated heterocycles. The number of rotatable bonds is 8. The zero-order valence-corrected chi connectivity index (χ0v) is 11.6. The Bertz CT molecular complexity index is 420. The molecule has 0 spiro atoms. The summed E-state index contributed by atoms with van der Waals surface area (Å²) in [5.41, 5.74) is 0.922. The quantitative estimate of drug-likeness (QED) is 0.692. The Balaban J connectivity index is 1.96. The third-order valence-electron chi connectivity index (χ3n) is 3.58. The van der Waals surface area contributed by atoms with E-state index in [9.17, 15) is 4.79 Å². The summed E-state index contributed by atoms with van der Waals surface area (Å²) in [7, 11) is 0. The van der Waals surface area contributed by atoms with Crippen LogP contribution in [0.1, 0.15) is 32.1 Å². The van der Waals surface area contributed by atoms with Gasteiger partial charge in [0.2, 0.25) is 0 Å². The average Bonchev–Trinajstić information content (AvgIpc) is 2.89. The molecule has 0 saturated carbocycles. The Morgan fingerprint density at radius 1 is 1.40 bits per heavy atom. The summed E-state index contributed by atoms with van der Waals surface area (Å²) in [5, 5.41) is 8.68. The molecule has 0 aromatic carbocycles. The van der Waals surface area contributed by atoms with Crippen molar-refractivity contribution in [3.8, 4) is 0 Å². The van der Waals surface area contributed by atoms with Crippen LogP contribution in [0.2, 0.25) is 0 Å². The van der Waals surface area contributed by atoms with Crippen LogP contribution in [0.5, 0.6) is 0 Å². The van der Waals surface area contributed by atoms with Gasteiger partial charge in [0.1, 0.15) is 12.2 Å². The zero-order valence-electron chi connectivity index (χ0n) is 11.6. The van der Waals surface area contributed by atoms with Crippen molar-refractivity contribution in [1.29, 1.82) is 0 Å². The second-order valence-corrected chi connectivity index (χ2v) is 5.17. The van der Waals surface area contributed by atoms with Crippen LogP contribution >= 0.6 is 0 Å². The molecule has 1 N–H and O–H groups in total. The van der Waals surface area contributed by atoms with Crippen molar-refractivity contribution in [3.63, 3.8) is 0 Å². The summed E-state index contributed by atoms with van der Waals surface area (Å²) < 4.78 is 12.1. The van der Waals surface area contributed by atoms with E-state index >= 15 is 0 Å². The van der Waals surface area contributed by atoms with Crippen molar-refractivity contribution in [2.75, 3.05) is 6.54 Å². The first-order chi connectivity index (χ1) is 9.60. The second kappa shape index (κ2) is 6.33. The van der Waals surface area contributed by atoms with Gasteiger partial charge in [0.25, 0.3) is 0 Å². The van der Waals surface area contributed by atoms with Crippen molar-refractivity contribution >= 4 is 11.7 Å². The lowest BCUT2D eigenvalue weighted by atomic mass is 10.1. The minimum Gasteiger partial charge on any atom is -0.481 e. The third kappa shape index (κ3) is 3.16. The lowest BCUT2D eigenvalue weighted by Gasteiger charge is -2.26. The van der Waals surface area contributed by atoms with Crippen LogP contribution in [0, 0.1) is 0 Å². The highest BCUT2D eigenvalue weighted by molar-refractivity contribution is 5.91. The van der Waals surface area contributed by atoms with Crippen LogP contribution in [0.4, 0.5) is 0 Å². The van der Waals surface area contributed by atoms with Crippen LogP contribution in [0.25, 0.3) is 0 Å². The minimum absolute atomic E-state index is 0.0604. The van der Waals surface area contributed by atoms with E-state index in [0.29, 0.717) is 32.2 Å². The highest BCUT2D eigenvalue weighted by Crippen LogP contribution is 2.38. The predicted molar refractivity (Wildman–Crippen MR) is 75.9 cm³/mol. The molecule has 2 atom stereocenters. The molecule has 0 aromatic rings. The Morgan fingerprint density at radius 3 is 2.70 bits per heavy atom. The van der Waals surface area contributed by atoms with Crippen molar-refractivity contribution in [2.45, 2.75) is 50.1 Å². The van der Waals surface area contributed by atoms with Gasteiger partial charge < -0.3 is 14.6 Å². The molecular weight excluding hydrogens is 258 g/mol. The molecule has 0 radical (unpaired) electrons. The van der Waals surface area contributed by atoms with Crippen LogP contribution in [-0.4, -0.2) is 41.3 Å². The standard InChI is InChI=1S/C15H21NO4/c1-3-8-15(9-4-2)19-12-10-16-11(14(12)20-15)6-5-7-13(17)18/h3-4,12,14H,1-2,5-10H2,(H,17,18)/t12-,14+/m1/s1. The smallest absolute Gasteiger partial charge is 0.303 e.